The molecule has 0 radical (unpaired) electrons. The number of carbonyl (C=O) groups excluding carboxylic acids is 1. The van der Waals surface area contributed by atoms with Gasteiger partial charge in [-0.05, 0) is 42.8 Å². The van der Waals surface area contributed by atoms with Gasteiger partial charge in [0.1, 0.15) is 6.54 Å². The monoisotopic (exact) mass is 431 g/mol. The quantitative estimate of drug-likeness (QED) is 0.669. The van der Waals surface area contributed by atoms with Gasteiger partial charge in [-0.2, -0.15) is 5.10 Å². The highest BCUT2D eigenvalue weighted by molar-refractivity contribution is 9.10. The molecule has 1 aromatic heterocycles. The van der Waals surface area contributed by atoms with E-state index >= 15 is 0 Å². The average molecular weight is 433 g/mol. The van der Waals surface area contributed by atoms with Crippen LogP contribution >= 0.6 is 27.5 Å². The van der Waals surface area contributed by atoms with Crippen molar-refractivity contribution in [2.24, 2.45) is 0 Å². The summed E-state index contributed by atoms with van der Waals surface area (Å²) in [6.07, 6.45) is 0. The highest BCUT2D eigenvalue weighted by atomic mass is 79.9. The molecule has 0 unspecified atom stereocenters. The lowest BCUT2D eigenvalue weighted by atomic mass is 10.1. The lowest BCUT2D eigenvalue weighted by Gasteiger charge is -2.10. The number of hydrogen-bond donors (Lipinski definition) is 1. The van der Waals surface area contributed by atoms with Crippen LogP contribution in [0.5, 0.6) is 0 Å². The maximum absolute atomic E-state index is 12.3. The molecule has 0 saturated carbocycles. The molecule has 3 rings (SSSR count). The van der Waals surface area contributed by atoms with Gasteiger partial charge in [-0.3, -0.25) is 9.59 Å². The minimum Gasteiger partial charge on any atom is -0.323 e. The third kappa shape index (κ3) is 4.39. The standard InChI is InChI=1S/C19H15BrClN3O2/c1-12-2-7-17(15(21)10-12)22-18(25)11-24-19(26)9-8-16(23-24)13-3-5-14(20)6-4-13/h2-10H,11H2,1H3,(H,22,25). The summed E-state index contributed by atoms with van der Waals surface area (Å²) in [7, 11) is 0. The Kier molecular flexibility index (Phi) is 5.54. The molecule has 1 heterocycles. The molecule has 0 fully saturated rings. The van der Waals surface area contributed by atoms with Gasteiger partial charge in [0.2, 0.25) is 5.91 Å². The van der Waals surface area contributed by atoms with Crippen molar-refractivity contribution in [2.45, 2.75) is 13.5 Å². The molecule has 7 heteroatoms. The smallest absolute Gasteiger partial charge is 0.267 e. The highest BCUT2D eigenvalue weighted by Crippen LogP contribution is 2.22. The van der Waals surface area contributed by atoms with Crippen molar-refractivity contribution >= 4 is 39.1 Å². The Morgan fingerprint density at radius 2 is 1.88 bits per heavy atom. The van der Waals surface area contributed by atoms with E-state index in [1.54, 1.807) is 18.2 Å². The highest BCUT2D eigenvalue weighted by Gasteiger charge is 2.10. The van der Waals surface area contributed by atoms with E-state index in [0.717, 1.165) is 20.3 Å². The molecule has 0 saturated heterocycles. The molecule has 0 aliphatic carbocycles. The minimum absolute atomic E-state index is 0.201. The molecule has 1 N–H and O–H groups in total. The Bertz CT molecular complexity index is 1020. The SMILES string of the molecule is Cc1ccc(NC(=O)Cn2nc(-c3ccc(Br)cc3)ccc2=O)c(Cl)c1. The number of anilines is 1. The second-order valence-electron chi connectivity index (χ2n) is 5.75. The molecule has 132 valence electrons. The molecule has 0 atom stereocenters. The molecule has 2 aromatic carbocycles. The summed E-state index contributed by atoms with van der Waals surface area (Å²) in [6, 6.07) is 15.9. The lowest BCUT2D eigenvalue weighted by molar-refractivity contribution is -0.117. The van der Waals surface area contributed by atoms with E-state index in [4.69, 9.17) is 11.6 Å². The van der Waals surface area contributed by atoms with E-state index < -0.39 is 0 Å². The van der Waals surface area contributed by atoms with Gasteiger partial charge < -0.3 is 5.32 Å². The molecule has 0 spiro atoms. The lowest BCUT2D eigenvalue weighted by Crippen LogP contribution is -2.29. The van der Waals surface area contributed by atoms with Crippen molar-refractivity contribution in [2.75, 3.05) is 5.32 Å². The second kappa shape index (κ2) is 7.85. The predicted octanol–water partition coefficient (Wildman–Crippen LogP) is 4.27. The molecule has 0 bridgehead atoms. The molecular formula is C19H15BrClN3O2. The summed E-state index contributed by atoms with van der Waals surface area (Å²) in [5.41, 5.74) is 2.60. The van der Waals surface area contributed by atoms with Crippen molar-refractivity contribution in [1.29, 1.82) is 0 Å². The number of amides is 1. The van der Waals surface area contributed by atoms with Crippen LogP contribution in [0.3, 0.4) is 0 Å². The normalized spacial score (nSPS) is 10.6. The maximum Gasteiger partial charge on any atom is 0.267 e. The zero-order valence-corrected chi connectivity index (χ0v) is 16.2. The molecule has 0 aliphatic rings. The number of halogens is 2. The van der Waals surface area contributed by atoms with Gasteiger partial charge in [-0.25, -0.2) is 4.68 Å². The fraction of sp³-hybridized carbons (Fsp3) is 0.105. The van der Waals surface area contributed by atoms with E-state index in [1.165, 1.54) is 6.07 Å². The van der Waals surface area contributed by atoms with Crippen LogP contribution in [0.15, 0.2) is 63.9 Å². The molecule has 26 heavy (non-hydrogen) atoms. The van der Waals surface area contributed by atoms with Crippen LogP contribution in [0, 0.1) is 6.92 Å². The fourth-order valence-electron chi connectivity index (χ4n) is 2.38. The van der Waals surface area contributed by atoms with E-state index in [0.29, 0.717) is 16.4 Å². The first-order valence-electron chi connectivity index (χ1n) is 7.82. The summed E-state index contributed by atoms with van der Waals surface area (Å²) >= 11 is 9.50. The first kappa shape index (κ1) is 18.4. The zero-order chi connectivity index (χ0) is 18.7. The average Bonchev–Trinajstić information content (AvgIpc) is 2.60. The first-order valence-corrected chi connectivity index (χ1v) is 8.99. The molecule has 0 aliphatic heterocycles. The van der Waals surface area contributed by atoms with Gasteiger partial charge >= 0.3 is 0 Å². The minimum atomic E-state index is -0.377. The Hall–Kier alpha value is -2.44. The second-order valence-corrected chi connectivity index (χ2v) is 7.08. The summed E-state index contributed by atoms with van der Waals surface area (Å²) in [4.78, 5) is 24.3. The van der Waals surface area contributed by atoms with Crippen LogP contribution in [-0.2, 0) is 11.3 Å². The number of nitrogens with one attached hydrogen (secondary N) is 1. The van der Waals surface area contributed by atoms with Crippen LogP contribution < -0.4 is 10.9 Å². The molecule has 5 nitrogen and oxygen atoms in total. The molecule has 1 amide bonds. The molecule has 3 aromatic rings. The van der Waals surface area contributed by atoms with Crippen LogP contribution in [0.4, 0.5) is 5.69 Å². The van der Waals surface area contributed by atoms with E-state index in [2.05, 4.69) is 26.3 Å². The third-order valence-corrected chi connectivity index (χ3v) is 4.54. The van der Waals surface area contributed by atoms with Gasteiger partial charge in [0, 0.05) is 16.1 Å². The van der Waals surface area contributed by atoms with Gasteiger partial charge in [0.15, 0.2) is 0 Å². The Morgan fingerprint density at radius 3 is 2.58 bits per heavy atom. The van der Waals surface area contributed by atoms with Crippen molar-refractivity contribution in [3.8, 4) is 11.3 Å². The summed E-state index contributed by atoms with van der Waals surface area (Å²) in [5.74, 6) is -0.377. The molecular weight excluding hydrogens is 418 g/mol. The number of aromatic nitrogens is 2. The Balaban J connectivity index is 1.80. The van der Waals surface area contributed by atoms with Crippen LogP contribution in [-0.4, -0.2) is 15.7 Å². The zero-order valence-electron chi connectivity index (χ0n) is 13.9. The first-order chi connectivity index (χ1) is 12.4. The number of aryl methyl sites for hydroxylation is 1. The number of carbonyl (C=O) groups is 1. The maximum atomic E-state index is 12.3. The number of rotatable bonds is 4. The van der Waals surface area contributed by atoms with Crippen molar-refractivity contribution in [3.05, 3.63) is 80.0 Å². The van der Waals surface area contributed by atoms with Crippen molar-refractivity contribution < 1.29 is 4.79 Å². The van der Waals surface area contributed by atoms with Crippen LogP contribution in [0.1, 0.15) is 5.56 Å². The van der Waals surface area contributed by atoms with Crippen LogP contribution in [0.2, 0.25) is 5.02 Å². The van der Waals surface area contributed by atoms with Gasteiger partial charge in [0.25, 0.3) is 5.56 Å². The van der Waals surface area contributed by atoms with E-state index in [9.17, 15) is 9.59 Å². The predicted molar refractivity (Wildman–Crippen MR) is 106 cm³/mol. The third-order valence-electron chi connectivity index (χ3n) is 3.70. The Morgan fingerprint density at radius 1 is 1.15 bits per heavy atom. The van der Waals surface area contributed by atoms with Crippen molar-refractivity contribution in [3.63, 3.8) is 0 Å². The topological polar surface area (TPSA) is 64.0 Å². The number of hydrogen-bond acceptors (Lipinski definition) is 3. The largest absolute Gasteiger partial charge is 0.323 e. The summed E-state index contributed by atoms with van der Waals surface area (Å²) < 4.78 is 2.08. The number of benzene rings is 2. The van der Waals surface area contributed by atoms with Crippen molar-refractivity contribution in [1.82, 2.24) is 9.78 Å². The summed E-state index contributed by atoms with van der Waals surface area (Å²) in [6.45, 7) is 1.71. The Labute approximate surface area is 163 Å². The van der Waals surface area contributed by atoms with Gasteiger partial charge in [0.05, 0.1) is 16.4 Å². The van der Waals surface area contributed by atoms with Crippen LogP contribution in [0.25, 0.3) is 11.3 Å². The summed E-state index contributed by atoms with van der Waals surface area (Å²) in [5, 5.41) is 7.43. The fourth-order valence-corrected chi connectivity index (χ4v) is 2.93. The number of nitrogens with zero attached hydrogens (tertiary/aromatic N) is 2. The van der Waals surface area contributed by atoms with E-state index in [-0.39, 0.29) is 18.0 Å². The van der Waals surface area contributed by atoms with Gasteiger partial charge in [-0.1, -0.05) is 45.7 Å². The van der Waals surface area contributed by atoms with Gasteiger partial charge in [-0.15, -0.1) is 0 Å². The van der Waals surface area contributed by atoms with E-state index in [1.807, 2.05) is 37.3 Å².